The zero-order chi connectivity index (χ0) is 22.8. The molecule has 11 heteroatoms. The van der Waals surface area contributed by atoms with Crippen molar-refractivity contribution in [3.05, 3.63) is 54.1 Å². The number of fused-ring (bicyclic) bond motifs is 1. The standard InChI is InChI=1S/C24H31N7O.3ClH/c1-17(8-4-3-6-15-28-24(25)26)29-23-20-16-19(32-2)11-12-21(20)30-22(31-23)13-10-18-9-5-7-14-27-18;;;/h5,7,9-14,16-17H,3-4,6,8,15H2,1-2H3,(H4,25,26,28)(H,29,30,31);3*1H/b13-10+;;;. The van der Waals surface area contributed by atoms with E-state index >= 15 is 0 Å². The molecule has 3 aromatic rings. The molecule has 0 amide bonds. The molecule has 0 saturated heterocycles. The van der Waals surface area contributed by atoms with Crippen LogP contribution in [0.4, 0.5) is 5.82 Å². The average Bonchev–Trinajstić information content (AvgIpc) is 2.80. The summed E-state index contributed by atoms with van der Waals surface area (Å²) in [7, 11) is 1.66. The number of ether oxygens (including phenoxy) is 1. The molecule has 0 saturated carbocycles. The van der Waals surface area contributed by atoms with E-state index < -0.39 is 0 Å². The molecule has 1 unspecified atom stereocenters. The first-order valence-electron chi connectivity index (χ1n) is 10.8. The molecule has 3 rings (SSSR count). The van der Waals surface area contributed by atoms with E-state index in [9.17, 15) is 0 Å². The third-order valence-corrected chi connectivity index (χ3v) is 5.02. The Bertz CT molecular complexity index is 1070. The number of unbranched alkanes of at least 4 members (excludes halogenated alkanes) is 2. The second-order valence-electron chi connectivity index (χ2n) is 7.64. The Hall–Kier alpha value is -2.81. The Labute approximate surface area is 225 Å². The van der Waals surface area contributed by atoms with Crippen LogP contribution >= 0.6 is 37.2 Å². The summed E-state index contributed by atoms with van der Waals surface area (Å²) in [6.45, 7) is 2.89. The number of halogens is 3. The van der Waals surface area contributed by atoms with Crippen molar-refractivity contribution in [2.24, 2.45) is 5.73 Å². The van der Waals surface area contributed by atoms with Gasteiger partial charge >= 0.3 is 0 Å². The van der Waals surface area contributed by atoms with Gasteiger partial charge < -0.3 is 21.1 Å². The zero-order valence-corrected chi connectivity index (χ0v) is 22.3. The number of pyridine rings is 1. The van der Waals surface area contributed by atoms with E-state index in [0.29, 0.717) is 5.82 Å². The Morgan fingerprint density at radius 2 is 1.89 bits per heavy atom. The van der Waals surface area contributed by atoms with Crippen LogP contribution in [-0.2, 0) is 0 Å². The summed E-state index contributed by atoms with van der Waals surface area (Å²) < 4.78 is 5.40. The van der Waals surface area contributed by atoms with Gasteiger partial charge in [0.2, 0.25) is 0 Å². The Morgan fingerprint density at radius 1 is 1.09 bits per heavy atom. The highest BCUT2D eigenvalue weighted by atomic mass is 35.5. The number of hydrogen-bond acceptors (Lipinski definition) is 6. The number of rotatable bonds is 11. The maximum atomic E-state index is 7.19. The van der Waals surface area contributed by atoms with Crippen LogP contribution in [0.25, 0.3) is 23.1 Å². The van der Waals surface area contributed by atoms with Gasteiger partial charge in [-0.15, -0.1) is 37.2 Å². The molecule has 2 aromatic heterocycles. The lowest BCUT2D eigenvalue weighted by molar-refractivity contribution is 0.415. The van der Waals surface area contributed by atoms with Crippen molar-refractivity contribution in [3.8, 4) is 5.75 Å². The van der Waals surface area contributed by atoms with Crippen LogP contribution in [0, 0.1) is 5.41 Å². The van der Waals surface area contributed by atoms with E-state index in [0.717, 1.165) is 60.4 Å². The predicted molar refractivity (Wildman–Crippen MR) is 152 cm³/mol. The van der Waals surface area contributed by atoms with Crippen LogP contribution in [0.15, 0.2) is 42.6 Å². The fourth-order valence-corrected chi connectivity index (χ4v) is 3.35. The lowest BCUT2D eigenvalue weighted by atomic mass is 10.1. The highest BCUT2D eigenvalue weighted by molar-refractivity contribution is 5.91. The molecule has 5 N–H and O–H groups in total. The van der Waals surface area contributed by atoms with Gasteiger partial charge in [0.1, 0.15) is 11.6 Å². The van der Waals surface area contributed by atoms with Crippen molar-refractivity contribution < 1.29 is 4.74 Å². The molecule has 1 aromatic carbocycles. The van der Waals surface area contributed by atoms with E-state index in [-0.39, 0.29) is 49.2 Å². The molecule has 0 aliphatic rings. The van der Waals surface area contributed by atoms with Crippen LogP contribution < -0.4 is 21.1 Å². The molecular formula is C24H34Cl3N7O. The smallest absolute Gasteiger partial charge is 0.185 e. The molecule has 0 spiro atoms. The third kappa shape index (κ3) is 10.5. The van der Waals surface area contributed by atoms with Gasteiger partial charge in [-0.05, 0) is 62.2 Å². The number of nitrogens with one attached hydrogen (secondary N) is 3. The number of nitrogens with zero attached hydrogens (tertiary/aromatic N) is 3. The van der Waals surface area contributed by atoms with E-state index in [1.165, 1.54) is 0 Å². The molecule has 0 aliphatic carbocycles. The van der Waals surface area contributed by atoms with Gasteiger partial charge in [0.05, 0.1) is 18.3 Å². The topological polar surface area (TPSA) is 122 Å². The van der Waals surface area contributed by atoms with E-state index in [1.54, 1.807) is 13.3 Å². The molecule has 35 heavy (non-hydrogen) atoms. The molecule has 0 bridgehead atoms. The molecule has 8 nitrogen and oxygen atoms in total. The molecular weight excluding hydrogens is 509 g/mol. The van der Waals surface area contributed by atoms with Crippen molar-refractivity contribution in [3.63, 3.8) is 0 Å². The first-order valence-corrected chi connectivity index (χ1v) is 10.8. The fraction of sp³-hybridized carbons (Fsp3) is 0.333. The minimum atomic E-state index is 0. The van der Waals surface area contributed by atoms with E-state index in [4.69, 9.17) is 20.9 Å². The van der Waals surface area contributed by atoms with Crippen molar-refractivity contribution >= 4 is 72.1 Å². The van der Waals surface area contributed by atoms with Crippen molar-refractivity contribution in [2.75, 3.05) is 19.0 Å². The highest BCUT2D eigenvalue weighted by Crippen LogP contribution is 2.26. The first-order chi connectivity index (χ1) is 15.5. The summed E-state index contributed by atoms with van der Waals surface area (Å²) in [5, 5.41) is 14.5. The largest absolute Gasteiger partial charge is 0.497 e. The number of methoxy groups -OCH3 is 1. The monoisotopic (exact) mass is 541 g/mol. The van der Waals surface area contributed by atoms with Crippen molar-refractivity contribution in [1.82, 2.24) is 20.3 Å². The van der Waals surface area contributed by atoms with Gasteiger partial charge in [-0.1, -0.05) is 18.9 Å². The summed E-state index contributed by atoms with van der Waals surface area (Å²) >= 11 is 0. The average molecular weight is 543 g/mol. The number of benzene rings is 1. The SMILES string of the molecule is COc1ccc2nc(/C=C/c3ccccn3)nc(NC(C)CCCCCNC(=N)N)c2c1.Cl.Cl.Cl. The molecule has 0 radical (unpaired) electrons. The van der Waals surface area contributed by atoms with Crippen molar-refractivity contribution in [2.45, 2.75) is 38.6 Å². The number of guanidine groups is 1. The second kappa shape index (κ2) is 16.8. The minimum Gasteiger partial charge on any atom is -0.497 e. The first kappa shape index (κ1) is 32.2. The molecule has 192 valence electrons. The fourth-order valence-electron chi connectivity index (χ4n) is 3.35. The number of hydrogen-bond donors (Lipinski definition) is 4. The van der Waals surface area contributed by atoms with Crippen LogP contribution in [0.1, 0.15) is 44.1 Å². The van der Waals surface area contributed by atoms with Gasteiger partial charge in [0.15, 0.2) is 11.8 Å². The molecule has 1 atom stereocenters. The number of aromatic nitrogens is 3. The maximum absolute atomic E-state index is 7.19. The minimum absolute atomic E-state index is 0. The van der Waals surface area contributed by atoms with Gasteiger partial charge in [0, 0.05) is 24.2 Å². The number of anilines is 1. The summed E-state index contributed by atoms with van der Waals surface area (Å²) in [5.41, 5.74) is 7.01. The van der Waals surface area contributed by atoms with Crippen LogP contribution in [0.2, 0.25) is 0 Å². The Morgan fingerprint density at radius 3 is 2.57 bits per heavy atom. The van der Waals surface area contributed by atoms with Gasteiger partial charge in [0.25, 0.3) is 0 Å². The zero-order valence-electron chi connectivity index (χ0n) is 19.9. The summed E-state index contributed by atoms with van der Waals surface area (Å²) in [5.74, 6) is 2.21. The lowest BCUT2D eigenvalue weighted by Gasteiger charge is -2.17. The molecule has 2 heterocycles. The van der Waals surface area contributed by atoms with Gasteiger partial charge in [-0.2, -0.15) is 0 Å². The Balaban J connectivity index is 0.00000385. The van der Waals surface area contributed by atoms with Crippen LogP contribution in [-0.4, -0.2) is 40.6 Å². The quantitative estimate of drug-likeness (QED) is 0.147. The molecule has 0 fully saturated rings. The van der Waals surface area contributed by atoms with Crippen LogP contribution in [0.3, 0.4) is 0 Å². The third-order valence-electron chi connectivity index (χ3n) is 5.02. The van der Waals surface area contributed by atoms with Gasteiger partial charge in [-0.25, -0.2) is 9.97 Å². The van der Waals surface area contributed by atoms with Crippen molar-refractivity contribution in [1.29, 1.82) is 5.41 Å². The molecule has 0 aliphatic heterocycles. The van der Waals surface area contributed by atoms with E-state index in [2.05, 4.69) is 27.5 Å². The number of nitrogens with two attached hydrogens (primary N) is 1. The Kier molecular flexibility index (Phi) is 15.4. The maximum Gasteiger partial charge on any atom is 0.185 e. The van der Waals surface area contributed by atoms with Crippen LogP contribution in [0.5, 0.6) is 5.75 Å². The normalized spacial score (nSPS) is 11.0. The summed E-state index contributed by atoms with van der Waals surface area (Å²) in [6.07, 6.45) is 9.70. The van der Waals surface area contributed by atoms with E-state index in [1.807, 2.05) is 48.6 Å². The summed E-state index contributed by atoms with van der Waals surface area (Å²) in [6, 6.07) is 11.8. The van der Waals surface area contributed by atoms with Gasteiger partial charge in [-0.3, -0.25) is 10.4 Å². The lowest BCUT2D eigenvalue weighted by Crippen LogP contribution is -2.30. The second-order valence-corrected chi connectivity index (χ2v) is 7.64. The highest BCUT2D eigenvalue weighted by Gasteiger charge is 2.11. The summed E-state index contributed by atoms with van der Waals surface area (Å²) in [4.78, 5) is 13.8. The predicted octanol–water partition coefficient (Wildman–Crippen LogP) is 5.31.